The zero-order valence-electron chi connectivity index (χ0n) is 49.8. The molecule has 0 aliphatic rings. The van der Waals surface area contributed by atoms with Crippen LogP contribution in [0.5, 0.6) is 0 Å². The van der Waals surface area contributed by atoms with Crippen LogP contribution in [0.25, 0.3) is 104 Å². The highest BCUT2D eigenvalue weighted by Crippen LogP contribution is 2.52. The predicted molar refractivity (Wildman–Crippen MR) is 356 cm³/mol. The second kappa shape index (κ2) is 19.5. The van der Waals surface area contributed by atoms with Crippen LogP contribution in [-0.2, 0) is 21.7 Å². The number of nitrogens with zero attached hydrogens (tertiary/aromatic N) is 2. The molecule has 0 unspecified atom stereocenters. The first-order chi connectivity index (χ1) is 39.2. The van der Waals surface area contributed by atoms with Gasteiger partial charge in [0.2, 0.25) is 0 Å². The van der Waals surface area contributed by atoms with Gasteiger partial charge in [-0.15, -0.1) is 0 Å². The second-order valence-electron chi connectivity index (χ2n) is 27.1. The summed E-state index contributed by atoms with van der Waals surface area (Å²) in [6.07, 6.45) is 0. The van der Waals surface area contributed by atoms with Crippen molar-refractivity contribution in [3.8, 4) is 50.2 Å². The monoisotopic (exact) mass is 1060 g/mol. The number of rotatable bonds is 8. The Hall–Kier alpha value is -8.72. The summed E-state index contributed by atoms with van der Waals surface area (Å²) in [5.74, 6) is 0. The van der Waals surface area contributed by atoms with Gasteiger partial charge in [-0.25, -0.2) is 0 Å². The van der Waals surface area contributed by atoms with E-state index in [2.05, 4.69) is 323 Å². The lowest BCUT2D eigenvalue weighted by Crippen LogP contribution is -2.14. The van der Waals surface area contributed by atoms with E-state index in [9.17, 15) is 0 Å². The summed E-state index contributed by atoms with van der Waals surface area (Å²) in [5, 5.41) is 9.91. The molecular weight excluding hydrogens is 989 g/mol. The normalized spacial score (nSPS) is 12.6. The summed E-state index contributed by atoms with van der Waals surface area (Å²) >= 11 is 0. The molecule has 0 saturated heterocycles. The molecule has 0 bridgehead atoms. The highest BCUT2D eigenvalue weighted by atomic mass is 15.1. The summed E-state index contributed by atoms with van der Waals surface area (Å²) < 4.78 is 2.48. The first kappa shape index (κ1) is 52.6. The highest BCUT2D eigenvalue weighted by molar-refractivity contribution is 6.28. The van der Waals surface area contributed by atoms with E-state index in [4.69, 9.17) is 0 Å². The van der Waals surface area contributed by atoms with Crippen molar-refractivity contribution < 1.29 is 0 Å². The Morgan fingerprint density at radius 3 is 1.11 bits per heavy atom. The van der Waals surface area contributed by atoms with Crippen LogP contribution < -0.4 is 4.90 Å². The molecule has 0 atom stereocenters. The molecule has 0 aliphatic carbocycles. The lowest BCUT2D eigenvalue weighted by Gasteiger charge is -2.33. The number of hydrogen-bond acceptors (Lipinski definition) is 1. The third kappa shape index (κ3) is 9.23. The molecule has 13 rings (SSSR count). The number of anilines is 3. The van der Waals surface area contributed by atoms with Gasteiger partial charge in [-0.05, 0) is 141 Å². The van der Waals surface area contributed by atoms with Crippen molar-refractivity contribution >= 4 is 71.2 Å². The number of hydrogen-bond donors (Lipinski definition) is 0. The molecule has 82 heavy (non-hydrogen) atoms. The Balaban J connectivity index is 1.14. The van der Waals surface area contributed by atoms with Gasteiger partial charge in [0.1, 0.15) is 0 Å². The average Bonchev–Trinajstić information content (AvgIpc) is 2.02. The van der Waals surface area contributed by atoms with Gasteiger partial charge in [0.15, 0.2) is 0 Å². The van der Waals surface area contributed by atoms with Crippen molar-refractivity contribution in [3.05, 3.63) is 253 Å². The van der Waals surface area contributed by atoms with E-state index in [1.165, 1.54) is 104 Å². The Morgan fingerprint density at radius 1 is 0.293 bits per heavy atom. The molecule has 1 aromatic heterocycles. The van der Waals surface area contributed by atoms with Crippen molar-refractivity contribution in [1.82, 2.24) is 4.57 Å². The van der Waals surface area contributed by atoms with Crippen molar-refractivity contribution in [1.29, 1.82) is 0 Å². The van der Waals surface area contributed by atoms with Crippen molar-refractivity contribution in [2.75, 3.05) is 4.90 Å². The van der Waals surface area contributed by atoms with Crippen molar-refractivity contribution in [2.24, 2.45) is 0 Å². The molecule has 12 aromatic carbocycles. The van der Waals surface area contributed by atoms with E-state index in [-0.39, 0.29) is 21.7 Å². The van der Waals surface area contributed by atoms with Gasteiger partial charge in [0.25, 0.3) is 0 Å². The number of para-hydroxylation sites is 3. The van der Waals surface area contributed by atoms with E-state index in [0.717, 1.165) is 39.3 Å². The lowest BCUT2D eigenvalue weighted by molar-refractivity contribution is 0.590. The Bertz CT molecular complexity index is 4340. The predicted octanol–water partition coefficient (Wildman–Crippen LogP) is 23.0. The van der Waals surface area contributed by atoms with Crippen LogP contribution in [0.2, 0.25) is 0 Å². The van der Waals surface area contributed by atoms with Crippen LogP contribution in [0.15, 0.2) is 231 Å². The van der Waals surface area contributed by atoms with E-state index in [1.54, 1.807) is 0 Å². The third-order valence-corrected chi connectivity index (χ3v) is 17.4. The molecule has 2 heteroatoms. The molecule has 13 aromatic rings. The van der Waals surface area contributed by atoms with Gasteiger partial charge in [0, 0.05) is 38.4 Å². The highest BCUT2D eigenvalue weighted by Gasteiger charge is 2.28. The van der Waals surface area contributed by atoms with Crippen molar-refractivity contribution in [3.63, 3.8) is 0 Å². The van der Waals surface area contributed by atoms with Crippen LogP contribution >= 0.6 is 0 Å². The maximum Gasteiger partial charge on any atom is 0.0618 e. The van der Waals surface area contributed by atoms with Gasteiger partial charge in [-0.2, -0.15) is 0 Å². The van der Waals surface area contributed by atoms with Crippen LogP contribution in [0.3, 0.4) is 0 Å². The van der Waals surface area contributed by atoms with Crippen molar-refractivity contribution in [2.45, 2.75) is 105 Å². The summed E-state index contributed by atoms with van der Waals surface area (Å²) in [7, 11) is 0. The summed E-state index contributed by atoms with van der Waals surface area (Å²) in [6.45, 7) is 27.6. The molecule has 2 nitrogen and oxygen atoms in total. The van der Waals surface area contributed by atoms with Crippen LogP contribution in [0, 0.1) is 0 Å². The molecular formula is C80H74N2. The first-order valence-corrected chi connectivity index (χ1v) is 29.4. The number of benzene rings is 12. The Morgan fingerprint density at radius 2 is 0.671 bits per heavy atom. The zero-order valence-corrected chi connectivity index (χ0v) is 49.8. The largest absolute Gasteiger partial charge is 0.309 e. The minimum Gasteiger partial charge on any atom is -0.309 e. The van der Waals surface area contributed by atoms with E-state index < -0.39 is 0 Å². The van der Waals surface area contributed by atoms with Gasteiger partial charge < -0.3 is 9.47 Å². The molecule has 0 N–H and O–H groups in total. The maximum absolute atomic E-state index is 2.62. The SMILES string of the molecule is CC(C)(C)c1ccc(-c2cc(-c3ccc(C(C)(C)C)cc3)cc(N(c3c(-c4ccc(C(C)(C)C)cc4)cccc3-c3ccc(C(C)(C)C)cc3)c3ccc4ccc5c(-n6c7ccccc7c7ccccc76)ccc6ccc3c4c65)c2)cc1. The molecule has 0 saturated carbocycles. The molecule has 404 valence electrons. The molecule has 0 amide bonds. The maximum atomic E-state index is 2.62. The summed E-state index contributed by atoms with van der Waals surface area (Å²) in [4.78, 5) is 2.62. The van der Waals surface area contributed by atoms with E-state index in [0.29, 0.717) is 0 Å². The minimum atomic E-state index is 0.000183. The average molecular weight is 1060 g/mol. The lowest BCUT2D eigenvalue weighted by atomic mass is 9.84. The molecule has 1 heterocycles. The summed E-state index contributed by atoms with van der Waals surface area (Å²) in [5.41, 5.74) is 21.5. The third-order valence-electron chi connectivity index (χ3n) is 17.4. The standard InChI is InChI=1S/C80H74N2/c1-77(2,3)59-36-24-51(25-37-59)57-48-58(52-26-38-60(39-27-52)78(4,5)6)50-63(49-57)81(76-64(53-28-40-61(41-29-53)79(7,8)9)20-17-21-65(76)54-30-42-62(43-31-54)80(10,11)12)72-46-34-55-33-45-69-73(47-35-56-32-44-68(72)74(55)75(56)69)82-70-22-15-13-18-66(70)67-19-14-16-23-71(67)82/h13-50H,1-12H3. The van der Waals surface area contributed by atoms with E-state index >= 15 is 0 Å². The fourth-order valence-corrected chi connectivity index (χ4v) is 12.7. The topological polar surface area (TPSA) is 8.17 Å². The number of fused-ring (bicyclic) bond motifs is 3. The van der Waals surface area contributed by atoms with Gasteiger partial charge in [-0.3, -0.25) is 0 Å². The quantitative estimate of drug-likeness (QED) is 0.138. The Labute approximate surface area is 485 Å². The van der Waals surface area contributed by atoms with Crippen LogP contribution in [0.1, 0.15) is 105 Å². The number of aromatic nitrogens is 1. The zero-order chi connectivity index (χ0) is 57.0. The summed E-state index contributed by atoms with van der Waals surface area (Å²) in [6, 6.07) is 88.2. The van der Waals surface area contributed by atoms with Crippen LogP contribution in [0.4, 0.5) is 17.1 Å². The van der Waals surface area contributed by atoms with E-state index in [1.807, 2.05) is 0 Å². The Kier molecular flexibility index (Phi) is 12.5. The fraction of sp³-hybridized carbons (Fsp3) is 0.200. The second-order valence-corrected chi connectivity index (χ2v) is 27.1. The van der Waals surface area contributed by atoms with Gasteiger partial charge >= 0.3 is 0 Å². The molecule has 0 aliphatic heterocycles. The van der Waals surface area contributed by atoms with Gasteiger partial charge in [0.05, 0.1) is 28.1 Å². The minimum absolute atomic E-state index is 0.000183. The molecule has 0 radical (unpaired) electrons. The smallest absolute Gasteiger partial charge is 0.0618 e. The van der Waals surface area contributed by atoms with Gasteiger partial charge in [-0.1, -0.05) is 271 Å². The molecule has 0 fully saturated rings. The van der Waals surface area contributed by atoms with Crippen LogP contribution in [-0.4, -0.2) is 4.57 Å². The fourth-order valence-electron chi connectivity index (χ4n) is 12.7. The first-order valence-electron chi connectivity index (χ1n) is 29.4. The molecule has 0 spiro atoms.